The highest BCUT2D eigenvalue weighted by atomic mass is 79.9. The molecule has 0 aliphatic carbocycles. The van der Waals surface area contributed by atoms with Crippen molar-refractivity contribution in [3.05, 3.63) is 64.1 Å². The van der Waals surface area contributed by atoms with Crippen LogP contribution in [0.1, 0.15) is 23.3 Å². The van der Waals surface area contributed by atoms with Gasteiger partial charge in [-0.25, -0.2) is 9.78 Å². The molecule has 0 aromatic heterocycles. The van der Waals surface area contributed by atoms with E-state index >= 15 is 0 Å². The number of methoxy groups -OCH3 is 1. The molecule has 2 fully saturated rings. The van der Waals surface area contributed by atoms with Crippen molar-refractivity contribution in [2.75, 3.05) is 20.3 Å². The van der Waals surface area contributed by atoms with Crippen LogP contribution in [0.2, 0.25) is 0 Å². The van der Waals surface area contributed by atoms with E-state index < -0.39 is 0 Å². The average Bonchev–Trinajstić information content (AvgIpc) is 3.11. The molecule has 0 unspecified atom stereocenters. The van der Waals surface area contributed by atoms with Gasteiger partial charge in [0.05, 0.1) is 24.8 Å². The highest BCUT2D eigenvalue weighted by Crippen LogP contribution is 2.48. The summed E-state index contributed by atoms with van der Waals surface area (Å²) in [5.41, 5.74) is 2.20. The molecule has 0 N–H and O–H groups in total. The summed E-state index contributed by atoms with van der Waals surface area (Å²) in [6, 6.07) is 16.2. The summed E-state index contributed by atoms with van der Waals surface area (Å²) in [6.45, 7) is 1.38. The van der Waals surface area contributed by atoms with Gasteiger partial charge in [-0.2, -0.15) is 0 Å². The summed E-state index contributed by atoms with van der Waals surface area (Å²) in [4.78, 5) is 11.6. The van der Waals surface area contributed by atoms with E-state index in [-0.39, 0.29) is 24.0 Å². The molecular formula is C19H19BrO4. The van der Waals surface area contributed by atoms with Crippen LogP contribution in [0.25, 0.3) is 0 Å². The van der Waals surface area contributed by atoms with E-state index in [9.17, 15) is 0 Å². The lowest BCUT2D eigenvalue weighted by molar-refractivity contribution is -0.403. The fourth-order valence-electron chi connectivity index (χ4n) is 3.58. The largest absolute Gasteiger partial charge is 0.496 e. The lowest BCUT2D eigenvalue weighted by atomic mass is 9.81. The SMILES string of the molecule is COc1ccc([C@H]2OO[C@H](c3ccccc3)[C@H]3COC[C@@H]32)cc1Br. The molecule has 2 aromatic carbocycles. The fraction of sp³-hybridized carbons (Fsp3) is 0.368. The minimum atomic E-state index is -0.139. The number of ether oxygens (including phenoxy) is 2. The van der Waals surface area contributed by atoms with Gasteiger partial charge in [0.15, 0.2) is 0 Å². The number of hydrogen-bond donors (Lipinski definition) is 0. The Morgan fingerprint density at radius 3 is 2.21 bits per heavy atom. The molecule has 126 valence electrons. The Labute approximate surface area is 149 Å². The zero-order valence-electron chi connectivity index (χ0n) is 13.4. The maximum absolute atomic E-state index is 5.83. The minimum Gasteiger partial charge on any atom is -0.496 e. The normalized spacial score (nSPS) is 29.2. The van der Waals surface area contributed by atoms with Crippen molar-refractivity contribution in [3.63, 3.8) is 0 Å². The van der Waals surface area contributed by atoms with E-state index in [0.29, 0.717) is 13.2 Å². The third-order valence-corrected chi connectivity index (χ3v) is 5.46. The van der Waals surface area contributed by atoms with E-state index in [2.05, 4.69) is 28.1 Å². The maximum atomic E-state index is 5.83. The first-order valence-electron chi connectivity index (χ1n) is 8.06. The molecule has 4 nitrogen and oxygen atoms in total. The van der Waals surface area contributed by atoms with Crippen molar-refractivity contribution in [1.82, 2.24) is 0 Å². The van der Waals surface area contributed by atoms with E-state index in [1.165, 1.54) is 0 Å². The number of rotatable bonds is 3. The van der Waals surface area contributed by atoms with Gasteiger partial charge in [-0.3, -0.25) is 0 Å². The number of hydrogen-bond acceptors (Lipinski definition) is 4. The summed E-state index contributed by atoms with van der Waals surface area (Å²) in [7, 11) is 1.66. The van der Waals surface area contributed by atoms with Crippen LogP contribution in [0.4, 0.5) is 0 Å². The van der Waals surface area contributed by atoms with Gasteiger partial charge in [0.2, 0.25) is 0 Å². The van der Waals surface area contributed by atoms with Gasteiger partial charge in [0.25, 0.3) is 0 Å². The number of benzene rings is 2. The molecule has 5 heteroatoms. The van der Waals surface area contributed by atoms with Crippen LogP contribution in [0.5, 0.6) is 5.75 Å². The van der Waals surface area contributed by atoms with Gasteiger partial charge in [0.1, 0.15) is 18.0 Å². The maximum Gasteiger partial charge on any atom is 0.133 e. The Kier molecular flexibility index (Phi) is 4.59. The Balaban J connectivity index is 1.61. The topological polar surface area (TPSA) is 36.9 Å². The number of halogens is 1. The second-order valence-corrected chi connectivity index (χ2v) is 7.06. The Hall–Kier alpha value is -1.40. The summed E-state index contributed by atoms with van der Waals surface area (Å²) in [5.74, 6) is 1.35. The zero-order valence-corrected chi connectivity index (χ0v) is 14.9. The van der Waals surface area contributed by atoms with Gasteiger partial charge in [0, 0.05) is 11.8 Å². The van der Waals surface area contributed by atoms with Gasteiger partial charge in [-0.1, -0.05) is 36.4 Å². The molecule has 0 bridgehead atoms. The second-order valence-electron chi connectivity index (χ2n) is 6.20. The molecule has 0 radical (unpaired) electrons. The molecule has 0 spiro atoms. The fourth-order valence-corrected chi connectivity index (χ4v) is 4.14. The van der Waals surface area contributed by atoms with E-state index in [4.69, 9.17) is 19.2 Å². The van der Waals surface area contributed by atoms with Crippen molar-refractivity contribution >= 4 is 15.9 Å². The lowest BCUT2D eigenvalue weighted by Gasteiger charge is -2.37. The Bertz CT molecular complexity index is 706. The van der Waals surface area contributed by atoms with Crippen LogP contribution in [0.3, 0.4) is 0 Å². The molecular weight excluding hydrogens is 372 g/mol. The molecule has 2 aromatic rings. The molecule has 24 heavy (non-hydrogen) atoms. The second kappa shape index (κ2) is 6.84. The summed E-state index contributed by atoms with van der Waals surface area (Å²) in [5, 5.41) is 0. The van der Waals surface area contributed by atoms with Crippen molar-refractivity contribution < 1.29 is 19.2 Å². The van der Waals surface area contributed by atoms with Crippen LogP contribution in [0.15, 0.2) is 53.0 Å². The first-order valence-corrected chi connectivity index (χ1v) is 8.85. The predicted molar refractivity (Wildman–Crippen MR) is 92.6 cm³/mol. The molecule has 4 rings (SSSR count). The van der Waals surface area contributed by atoms with Crippen LogP contribution in [0, 0.1) is 11.8 Å². The summed E-state index contributed by atoms with van der Waals surface area (Å²) < 4.78 is 12.0. The van der Waals surface area contributed by atoms with Gasteiger partial charge in [-0.05, 0) is 39.2 Å². The standard InChI is InChI=1S/C19H19BrO4/c1-21-17-8-7-13(9-16(17)20)19-15-11-22-10-14(15)18(23-24-19)12-5-3-2-4-6-12/h2-9,14-15,18-19H,10-11H2,1H3/t14-,15-,18+,19+/m0/s1. The van der Waals surface area contributed by atoms with Gasteiger partial charge < -0.3 is 9.47 Å². The first-order chi connectivity index (χ1) is 11.8. The Morgan fingerprint density at radius 1 is 0.917 bits per heavy atom. The Morgan fingerprint density at radius 2 is 1.58 bits per heavy atom. The minimum absolute atomic E-state index is 0.0864. The van der Waals surface area contributed by atoms with Gasteiger partial charge in [-0.15, -0.1) is 0 Å². The lowest BCUT2D eigenvalue weighted by Crippen LogP contribution is -2.34. The van der Waals surface area contributed by atoms with Crippen LogP contribution in [-0.4, -0.2) is 20.3 Å². The van der Waals surface area contributed by atoms with Crippen molar-refractivity contribution in [3.8, 4) is 5.75 Å². The third kappa shape index (κ3) is 2.86. The van der Waals surface area contributed by atoms with Crippen LogP contribution >= 0.6 is 15.9 Å². The molecule has 2 aliphatic heterocycles. The molecule has 4 atom stereocenters. The van der Waals surface area contributed by atoms with E-state index in [1.54, 1.807) is 7.11 Å². The summed E-state index contributed by atoms with van der Waals surface area (Å²) in [6.07, 6.45) is -0.226. The van der Waals surface area contributed by atoms with Crippen LogP contribution in [-0.2, 0) is 14.5 Å². The summed E-state index contributed by atoms with van der Waals surface area (Å²) >= 11 is 3.54. The predicted octanol–water partition coefficient (Wildman–Crippen LogP) is 4.46. The van der Waals surface area contributed by atoms with Crippen LogP contribution < -0.4 is 4.74 Å². The molecule has 2 saturated heterocycles. The number of fused-ring (bicyclic) bond motifs is 1. The molecule has 2 heterocycles. The molecule has 2 aliphatic rings. The van der Waals surface area contributed by atoms with Crippen molar-refractivity contribution in [2.24, 2.45) is 11.8 Å². The first kappa shape index (κ1) is 16.1. The monoisotopic (exact) mass is 390 g/mol. The van der Waals surface area contributed by atoms with Crippen molar-refractivity contribution in [1.29, 1.82) is 0 Å². The van der Waals surface area contributed by atoms with E-state index in [1.807, 2.05) is 36.4 Å². The molecule has 0 amide bonds. The highest BCUT2D eigenvalue weighted by molar-refractivity contribution is 9.10. The van der Waals surface area contributed by atoms with E-state index in [0.717, 1.165) is 21.3 Å². The smallest absolute Gasteiger partial charge is 0.133 e. The quantitative estimate of drug-likeness (QED) is 0.724. The molecule has 0 saturated carbocycles. The third-order valence-electron chi connectivity index (χ3n) is 4.84. The zero-order chi connectivity index (χ0) is 16.5. The van der Waals surface area contributed by atoms with Gasteiger partial charge >= 0.3 is 0 Å². The van der Waals surface area contributed by atoms with Crippen molar-refractivity contribution in [2.45, 2.75) is 12.2 Å². The highest BCUT2D eigenvalue weighted by Gasteiger charge is 2.46. The average molecular weight is 391 g/mol.